The summed E-state index contributed by atoms with van der Waals surface area (Å²) in [4.78, 5) is 45.9. The molecule has 0 fully saturated rings. The van der Waals surface area contributed by atoms with Crippen LogP contribution in [0.3, 0.4) is 0 Å². The quantitative estimate of drug-likeness (QED) is 0.253. The van der Waals surface area contributed by atoms with Gasteiger partial charge in [-0.15, -0.1) is 0 Å². The molecule has 0 saturated carbocycles. The predicted octanol–water partition coefficient (Wildman–Crippen LogP) is -1.24. The molecule has 0 aliphatic heterocycles. The maximum atomic E-state index is 11.7. The van der Waals surface area contributed by atoms with Crippen molar-refractivity contribution in [1.82, 2.24) is 10.6 Å². The van der Waals surface area contributed by atoms with Gasteiger partial charge in [0.05, 0.1) is 37.2 Å². The minimum absolute atomic E-state index is 0.155. The van der Waals surface area contributed by atoms with E-state index in [-0.39, 0.29) is 26.3 Å². The molecule has 0 saturated heterocycles. The Morgan fingerprint density at radius 1 is 0.750 bits per heavy atom. The highest BCUT2D eigenvalue weighted by atomic mass is 16.5. The molecule has 0 unspecified atom stereocenters. The van der Waals surface area contributed by atoms with Crippen molar-refractivity contribution in [3.8, 4) is 0 Å². The second-order valence-corrected chi connectivity index (χ2v) is 4.61. The third kappa shape index (κ3) is 8.86. The Morgan fingerprint density at radius 3 is 1.33 bits per heavy atom. The zero-order valence-electron chi connectivity index (χ0n) is 13.6. The van der Waals surface area contributed by atoms with E-state index in [9.17, 15) is 19.2 Å². The van der Waals surface area contributed by atoms with Gasteiger partial charge in [-0.1, -0.05) is 0 Å². The third-order valence-corrected chi connectivity index (χ3v) is 2.81. The van der Waals surface area contributed by atoms with Gasteiger partial charge in [0.25, 0.3) is 0 Å². The van der Waals surface area contributed by atoms with Crippen molar-refractivity contribution < 1.29 is 38.9 Å². The highest BCUT2D eigenvalue weighted by Gasteiger charge is 2.24. The fraction of sp³-hybridized carbons (Fsp3) is 0.571. The number of rotatable bonds is 12. The molecule has 0 aromatic rings. The van der Waals surface area contributed by atoms with Crippen LogP contribution in [0.2, 0.25) is 0 Å². The van der Waals surface area contributed by atoms with Crippen molar-refractivity contribution in [3.63, 3.8) is 0 Å². The van der Waals surface area contributed by atoms with Gasteiger partial charge < -0.3 is 30.3 Å². The van der Waals surface area contributed by atoms with Crippen LogP contribution in [0.4, 0.5) is 0 Å². The van der Waals surface area contributed by atoms with Crippen molar-refractivity contribution in [1.29, 1.82) is 0 Å². The highest BCUT2D eigenvalue weighted by Crippen LogP contribution is 2.14. The molecule has 0 heterocycles. The van der Waals surface area contributed by atoms with Crippen molar-refractivity contribution in [3.05, 3.63) is 11.1 Å². The fourth-order valence-electron chi connectivity index (χ4n) is 1.65. The molecule has 0 rings (SSSR count). The summed E-state index contributed by atoms with van der Waals surface area (Å²) < 4.78 is 9.46. The predicted molar refractivity (Wildman–Crippen MR) is 81.3 cm³/mol. The Hall–Kier alpha value is -2.46. The second kappa shape index (κ2) is 12.0. The fourth-order valence-corrected chi connectivity index (χ4v) is 1.65. The number of methoxy groups -OCH3 is 2. The van der Waals surface area contributed by atoms with Gasteiger partial charge in [-0.3, -0.25) is 9.59 Å². The van der Waals surface area contributed by atoms with Crippen LogP contribution in [0.1, 0.15) is 12.8 Å². The van der Waals surface area contributed by atoms with Crippen LogP contribution in [-0.4, -0.2) is 74.5 Å². The van der Waals surface area contributed by atoms with Gasteiger partial charge in [-0.25, -0.2) is 9.59 Å². The largest absolute Gasteiger partial charge is 0.478 e. The van der Waals surface area contributed by atoms with Crippen molar-refractivity contribution in [2.24, 2.45) is 0 Å². The van der Waals surface area contributed by atoms with Crippen molar-refractivity contribution in [2.75, 3.05) is 40.5 Å². The van der Waals surface area contributed by atoms with Crippen LogP contribution in [0.25, 0.3) is 0 Å². The van der Waals surface area contributed by atoms with E-state index in [1.165, 1.54) is 14.2 Å². The number of nitrogens with one attached hydrogen (secondary N) is 2. The molecule has 2 amide bonds. The summed E-state index contributed by atoms with van der Waals surface area (Å²) in [6, 6.07) is 0. The summed E-state index contributed by atoms with van der Waals surface area (Å²) in [7, 11) is 2.86. The number of aliphatic carboxylic acids is 2. The van der Waals surface area contributed by atoms with Crippen LogP contribution in [0, 0.1) is 0 Å². The lowest BCUT2D eigenvalue weighted by Crippen LogP contribution is -2.31. The Balaban J connectivity index is 5.08. The molecule has 10 nitrogen and oxygen atoms in total. The molecule has 0 aliphatic rings. The van der Waals surface area contributed by atoms with E-state index in [2.05, 4.69) is 10.6 Å². The Morgan fingerprint density at radius 2 is 1.08 bits per heavy atom. The molecule has 0 aromatic carbocycles. The number of ether oxygens (including phenoxy) is 2. The smallest absolute Gasteiger partial charge is 0.332 e. The van der Waals surface area contributed by atoms with Gasteiger partial charge in [0.15, 0.2) is 0 Å². The van der Waals surface area contributed by atoms with E-state index >= 15 is 0 Å². The van der Waals surface area contributed by atoms with E-state index in [4.69, 9.17) is 19.7 Å². The number of carboxylic acid groups (broad SMARTS) is 2. The minimum atomic E-state index is -1.57. The molecular weight excluding hydrogens is 324 g/mol. The number of amides is 2. The van der Waals surface area contributed by atoms with Crippen LogP contribution >= 0.6 is 0 Å². The number of hydrogen-bond donors (Lipinski definition) is 4. The topological polar surface area (TPSA) is 151 Å². The highest BCUT2D eigenvalue weighted by molar-refractivity contribution is 6.04. The summed E-state index contributed by atoms with van der Waals surface area (Å²) in [6.45, 7) is 0.765. The van der Waals surface area contributed by atoms with Crippen molar-refractivity contribution >= 4 is 23.8 Å². The second-order valence-electron chi connectivity index (χ2n) is 4.61. The summed E-state index contributed by atoms with van der Waals surface area (Å²) in [5.74, 6) is -4.50. The molecule has 10 heteroatoms. The van der Waals surface area contributed by atoms with Gasteiger partial charge in [0.2, 0.25) is 11.8 Å². The van der Waals surface area contributed by atoms with Crippen molar-refractivity contribution in [2.45, 2.75) is 12.8 Å². The van der Waals surface area contributed by atoms with Crippen LogP contribution < -0.4 is 10.6 Å². The monoisotopic (exact) mass is 346 g/mol. The maximum Gasteiger partial charge on any atom is 0.332 e. The average molecular weight is 346 g/mol. The summed E-state index contributed by atoms with van der Waals surface area (Å²) in [5, 5.41) is 23.1. The van der Waals surface area contributed by atoms with Crippen LogP contribution in [0.5, 0.6) is 0 Å². The molecule has 0 atom stereocenters. The summed E-state index contributed by atoms with van der Waals surface area (Å²) >= 11 is 0. The minimum Gasteiger partial charge on any atom is -0.478 e. The van der Waals surface area contributed by atoms with Gasteiger partial charge in [-0.2, -0.15) is 0 Å². The molecule has 136 valence electrons. The lowest BCUT2D eigenvalue weighted by Gasteiger charge is -2.10. The normalized spacial score (nSPS) is 11.4. The molecule has 0 spiro atoms. The Bertz CT molecular complexity index is 457. The zero-order chi connectivity index (χ0) is 18.5. The first-order chi connectivity index (χ1) is 11.3. The Kier molecular flexibility index (Phi) is 10.8. The lowest BCUT2D eigenvalue weighted by atomic mass is 10.0. The summed E-state index contributed by atoms with van der Waals surface area (Å²) in [6.07, 6.45) is -1.32. The standard InChI is InChI=1S/C14H22N2O8/c1-23-5-3-15-11(17)7-9(13(19)20)10(14(21)22)8-12(18)16-4-6-24-2/h3-8H2,1-2H3,(H,15,17)(H,16,18)(H,19,20)(H,21,22). The number of hydrogen-bond acceptors (Lipinski definition) is 6. The van der Waals surface area contributed by atoms with Gasteiger partial charge in [-0.05, 0) is 0 Å². The molecule has 0 bridgehead atoms. The molecule has 0 aromatic heterocycles. The average Bonchev–Trinajstić information content (AvgIpc) is 2.50. The van der Waals surface area contributed by atoms with E-state index < -0.39 is 47.7 Å². The van der Waals surface area contributed by atoms with Crippen LogP contribution in [0.15, 0.2) is 11.1 Å². The number of carbonyl (C=O) groups is 4. The first-order valence-electron chi connectivity index (χ1n) is 7.03. The summed E-state index contributed by atoms with van der Waals surface area (Å²) in [5.41, 5.74) is -1.28. The molecule has 24 heavy (non-hydrogen) atoms. The van der Waals surface area contributed by atoms with E-state index in [0.29, 0.717) is 0 Å². The molecular formula is C14H22N2O8. The number of carbonyl (C=O) groups excluding carboxylic acids is 2. The third-order valence-electron chi connectivity index (χ3n) is 2.81. The van der Waals surface area contributed by atoms with Gasteiger partial charge in [0, 0.05) is 27.3 Å². The first-order valence-corrected chi connectivity index (χ1v) is 7.03. The molecule has 0 radical (unpaired) electrons. The van der Waals surface area contributed by atoms with E-state index in [1.807, 2.05) is 0 Å². The lowest BCUT2D eigenvalue weighted by molar-refractivity contribution is -0.137. The first kappa shape index (κ1) is 21.5. The number of carboxylic acids is 2. The molecule has 4 N–H and O–H groups in total. The Labute approximate surface area is 138 Å². The molecule has 0 aliphatic carbocycles. The maximum absolute atomic E-state index is 11.7. The van der Waals surface area contributed by atoms with E-state index in [0.717, 1.165) is 0 Å². The van der Waals surface area contributed by atoms with E-state index in [1.54, 1.807) is 0 Å². The van der Waals surface area contributed by atoms with Gasteiger partial charge in [0.1, 0.15) is 0 Å². The van der Waals surface area contributed by atoms with Crippen LogP contribution in [-0.2, 0) is 28.7 Å². The van der Waals surface area contributed by atoms with Gasteiger partial charge >= 0.3 is 11.9 Å². The zero-order valence-corrected chi connectivity index (χ0v) is 13.6. The SMILES string of the molecule is COCCNC(=O)CC(C(=O)O)=C(CC(=O)NCCOC)C(=O)O.